The molecule has 1 unspecified atom stereocenters. The van der Waals surface area contributed by atoms with Crippen LogP contribution in [0.3, 0.4) is 0 Å². The van der Waals surface area contributed by atoms with Crippen molar-refractivity contribution in [3.05, 3.63) is 65.7 Å². The minimum Gasteiger partial charge on any atom is -0.492 e. The van der Waals surface area contributed by atoms with E-state index in [-0.39, 0.29) is 5.92 Å². The van der Waals surface area contributed by atoms with Crippen LogP contribution in [0.1, 0.15) is 37.8 Å². The summed E-state index contributed by atoms with van der Waals surface area (Å²) in [6.45, 7) is 10.2. The van der Waals surface area contributed by atoms with E-state index in [0.29, 0.717) is 12.4 Å². The van der Waals surface area contributed by atoms with Gasteiger partial charge in [-0.05, 0) is 55.1 Å². The van der Waals surface area contributed by atoms with Gasteiger partial charge in [0, 0.05) is 32.7 Å². The summed E-state index contributed by atoms with van der Waals surface area (Å²) >= 11 is 0. The van der Waals surface area contributed by atoms with Crippen molar-refractivity contribution in [1.29, 1.82) is 5.26 Å². The van der Waals surface area contributed by atoms with E-state index in [1.807, 2.05) is 18.2 Å². The predicted molar refractivity (Wildman–Crippen MR) is 128 cm³/mol. The van der Waals surface area contributed by atoms with Gasteiger partial charge in [0.2, 0.25) is 0 Å². The number of hydrogen-bond donors (Lipinski definition) is 0. The van der Waals surface area contributed by atoms with Crippen molar-refractivity contribution >= 4 is 0 Å². The van der Waals surface area contributed by atoms with Gasteiger partial charge in [-0.2, -0.15) is 18.4 Å². The topological polar surface area (TPSA) is 39.5 Å². The smallest absolute Gasteiger partial charge is 0.416 e. The summed E-state index contributed by atoms with van der Waals surface area (Å²) in [6.07, 6.45) is -2.52. The molecule has 1 aliphatic heterocycles. The Hall–Kier alpha value is -2.56. The van der Waals surface area contributed by atoms with Crippen molar-refractivity contribution < 1.29 is 17.9 Å². The highest BCUT2D eigenvalue weighted by molar-refractivity contribution is 5.33. The molecule has 2 aromatic carbocycles. The first-order chi connectivity index (χ1) is 16.2. The fourth-order valence-electron chi connectivity index (χ4n) is 4.60. The minimum atomic E-state index is -4.33. The number of piperazine rings is 1. The fourth-order valence-corrected chi connectivity index (χ4v) is 4.60. The van der Waals surface area contributed by atoms with E-state index in [2.05, 4.69) is 41.8 Å². The van der Waals surface area contributed by atoms with E-state index in [0.717, 1.165) is 69.8 Å². The third-order valence-corrected chi connectivity index (χ3v) is 6.84. The number of nitrogens with zero attached hydrogens (tertiary/aromatic N) is 3. The van der Waals surface area contributed by atoms with Gasteiger partial charge in [-0.1, -0.05) is 44.2 Å². The van der Waals surface area contributed by atoms with Crippen LogP contribution in [-0.2, 0) is 11.6 Å². The molecule has 1 heterocycles. The molecular formula is C27H34F3N3O. The summed E-state index contributed by atoms with van der Waals surface area (Å²) in [4.78, 5) is 4.76. The Labute approximate surface area is 200 Å². The highest BCUT2D eigenvalue weighted by Crippen LogP contribution is 2.36. The zero-order valence-corrected chi connectivity index (χ0v) is 20.0. The second kappa shape index (κ2) is 11.7. The van der Waals surface area contributed by atoms with Crippen LogP contribution in [0.15, 0.2) is 54.6 Å². The van der Waals surface area contributed by atoms with Crippen LogP contribution >= 0.6 is 0 Å². The highest BCUT2D eigenvalue weighted by atomic mass is 19.4. The highest BCUT2D eigenvalue weighted by Gasteiger charge is 2.35. The van der Waals surface area contributed by atoms with Crippen LogP contribution in [0.5, 0.6) is 5.75 Å². The number of ether oxygens (including phenoxy) is 1. The molecule has 1 saturated heterocycles. The number of hydrogen-bond acceptors (Lipinski definition) is 4. The number of benzene rings is 2. The standard InChI is InChI=1S/C27H34F3N3O/c1-22(2)26(21-31,23-7-4-3-5-8-23)13-6-14-32-15-17-33(18-16-32)19-20-34-25-11-9-24(10-12-25)27(28,29)30/h3-5,7-12,22H,6,13-20H2,1-2H3. The SMILES string of the molecule is CC(C)C(C#N)(CCCN1CCN(CCOc2ccc(C(F)(F)F)cc2)CC1)c1ccccc1. The molecule has 0 N–H and O–H groups in total. The lowest BCUT2D eigenvalue weighted by Gasteiger charge is -2.36. The molecule has 0 radical (unpaired) electrons. The average molecular weight is 474 g/mol. The summed E-state index contributed by atoms with van der Waals surface area (Å²) in [5, 5.41) is 10.1. The lowest BCUT2D eigenvalue weighted by atomic mass is 9.70. The van der Waals surface area contributed by atoms with Gasteiger partial charge in [-0.25, -0.2) is 0 Å². The molecule has 0 aromatic heterocycles. The number of rotatable bonds is 10. The molecule has 34 heavy (non-hydrogen) atoms. The van der Waals surface area contributed by atoms with E-state index in [9.17, 15) is 18.4 Å². The van der Waals surface area contributed by atoms with E-state index in [1.54, 1.807) is 0 Å². The Morgan fingerprint density at radius 2 is 1.47 bits per heavy atom. The summed E-state index contributed by atoms with van der Waals surface area (Å²) in [6, 6.07) is 17.6. The maximum Gasteiger partial charge on any atom is 0.416 e. The Balaban J connectivity index is 1.38. The minimum absolute atomic E-state index is 0.237. The van der Waals surface area contributed by atoms with Crippen LogP contribution in [0.2, 0.25) is 0 Å². The Morgan fingerprint density at radius 3 is 2.00 bits per heavy atom. The van der Waals surface area contributed by atoms with Gasteiger partial charge >= 0.3 is 6.18 Å². The van der Waals surface area contributed by atoms with Crippen molar-refractivity contribution in [2.24, 2.45) is 5.92 Å². The maximum absolute atomic E-state index is 12.6. The van der Waals surface area contributed by atoms with E-state index in [4.69, 9.17) is 4.74 Å². The second-order valence-corrected chi connectivity index (χ2v) is 9.26. The molecule has 1 fully saturated rings. The maximum atomic E-state index is 12.6. The molecule has 7 heteroatoms. The molecule has 0 spiro atoms. The van der Waals surface area contributed by atoms with Crippen molar-refractivity contribution in [2.45, 2.75) is 38.3 Å². The van der Waals surface area contributed by atoms with Crippen molar-refractivity contribution in [3.63, 3.8) is 0 Å². The number of halogens is 3. The van der Waals surface area contributed by atoms with Crippen LogP contribution in [0.25, 0.3) is 0 Å². The van der Waals surface area contributed by atoms with E-state index >= 15 is 0 Å². The molecule has 4 nitrogen and oxygen atoms in total. The van der Waals surface area contributed by atoms with Gasteiger partial charge in [-0.15, -0.1) is 0 Å². The fraction of sp³-hybridized carbons (Fsp3) is 0.519. The molecule has 0 aliphatic carbocycles. The Morgan fingerprint density at radius 1 is 0.882 bits per heavy atom. The van der Waals surface area contributed by atoms with E-state index in [1.165, 1.54) is 12.1 Å². The molecule has 2 aromatic rings. The molecule has 0 bridgehead atoms. The zero-order valence-electron chi connectivity index (χ0n) is 20.0. The van der Waals surface area contributed by atoms with Gasteiger partial charge in [0.1, 0.15) is 12.4 Å². The third-order valence-electron chi connectivity index (χ3n) is 6.84. The van der Waals surface area contributed by atoms with Gasteiger partial charge in [0.15, 0.2) is 0 Å². The van der Waals surface area contributed by atoms with Crippen LogP contribution in [-0.4, -0.2) is 55.7 Å². The second-order valence-electron chi connectivity index (χ2n) is 9.26. The molecule has 1 atom stereocenters. The van der Waals surface area contributed by atoms with Gasteiger partial charge in [0.25, 0.3) is 0 Å². The average Bonchev–Trinajstić information content (AvgIpc) is 2.83. The van der Waals surface area contributed by atoms with Crippen molar-refractivity contribution in [2.75, 3.05) is 45.9 Å². The van der Waals surface area contributed by atoms with Crippen molar-refractivity contribution in [3.8, 4) is 11.8 Å². The van der Waals surface area contributed by atoms with E-state index < -0.39 is 17.2 Å². The zero-order chi connectivity index (χ0) is 24.6. The predicted octanol–water partition coefficient (Wildman–Crippen LogP) is 5.60. The number of alkyl halides is 3. The van der Waals surface area contributed by atoms with Gasteiger partial charge in [0.05, 0.1) is 17.0 Å². The van der Waals surface area contributed by atoms with Crippen LogP contribution < -0.4 is 4.74 Å². The van der Waals surface area contributed by atoms with Gasteiger partial charge in [-0.3, -0.25) is 4.90 Å². The molecule has 3 rings (SSSR count). The Kier molecular flexibility index (Phi) is 8.98. The third kappa shape index (κ3) is 6.74. The number of nitriles is 1. The first-order valence-corrected chi connectivity index (χ1v) is 12.0. The summed E-state index contributed by atoms with van der Waals surface area (Å²) in [5.74, 6) is 0.692. The molecule has 0 saturated carbocycles. The lowest BCUT2D eigenvalue weighted by Crippen LogP contribution is -2.47. The normalized spacial score (nSPS) is 17.3. The quantitative estimate of drug-likeness (QED) is 0.450. The first-order valence-electron chi connectivity index (χ1n) is 12.0. The Bertz CT molecular complexity index is 917. The summed E-state index contributed by atoms with van der Waals surface area (Å²) < 4.78 is 43.6. The molecule has 184 valence electrons. The first kappa shape index (κ1) is 26.1. The lowest BCUT2D eigenvalue weighted by molar-refractivity contribution is -0.137. The monoisotopic (exact) mass is 473 g/mol. The molecule has 0 amide bonds. The van der Waals surface area contributed by atoms with Crippen molar-refractivity contribution in [1.82, 2.24) is 9.80 Å². The molecule has 1 aliphatic rings. The van der Waals surface area contributed by atoms with Gasteiger partial charge < -0.3 is 9.64 Å². The van der Waals surface area contributed by atoms with Crippen LogP contribution in [0.4, 0.5) is 13.2 Å². The summed E-state index contributed by atoms with van der Waals surface area (Å²) in [5.41, 5.74) is -0.0239. The van der Waals surface area contributed by atoms with Crippen LogP contribution in [0, 0.1) is 17.2 Å². The largest absolute Gasteiger partial charge is 0.492 e. The summed E-state index contributed by atoms with van der Waals surface area (Å²) in [7, 11) is 0. The molecular weight excluding hydrogens is 439 g/mol.